The third-order valence-corrected chi connectivity index (χ3v) is 2.86. The third kappa shape index (κ3) is 2.47. The number of rotatable bonds is 4. The van der Waals surface area contributed by atoms with Gasteiger partial charge in [0, 0.05) is 12.7 Å². The van der Waals surface area contributed by atoms with E-state index in [9.17, 15) is 0 Å². The Balaban J connectivity index is 3.27. The molecule has 0 atom stereocenters. The Bertz CT molecular complexity index is 361. The molecule has 16 heavy (non-hydrogen) atoms. The van der Waals surface area contributed by atoms with Crippen molar-refractivity contribution in [1.29, 1.82) is 0 Å². The summed E-state index contributed by atoms with van der Waals surface area (Å²) in [7, 11) is 3.71. The van der Waals surface area contributed by atoms with Gasteiger partial charge in [-0.2, -0.15) is 0 Å². The molecule has 0 heterocycles. The lowest BCUT2D eigenvalue weighted by Crippen LogP contribution is -2.25. The molecule has 0 saturated carbocycles. The van der Waals surface area contributed by atoms with Gasteiger partial charge in [-0.25, -0.2) is 0 Å². The van der Waals surface area contributed by atoms with Crippen molar-refractivity contribution in [3.05, 3.63) is 23.3 Å². The van der Waals surface area contributed by atoms with Crippen molar-refractivity contribution in [2.75, 3.05) is 25.7 Å². The van der Waals surface area contributed by atoms with E-state index in [4.69, 9.17) is 10.5 Å². The molecule has 0 saturated heterocycles. The van der Waals surface area contributed by atoms with E-state index in [-0.39, 0.29) is 0 Å². The Labute approximate surface area is 98.2 Å². The highest BCUT2D eigenvalue weighted by molar-refractivity contribution is 5.59. The molecule has 0 amide bonds. The summed E-state index contributed by atoms with van der Waals surface area (Å²) in [6, 6.07) is 4.25. The molecule has 0 unspecified atom stereocenters. The number of methoxy groups -OCH3 is 1. The van der Waals surface area contributed by atoms with Gasteiger partial charge in [0.1, 0.15) is 5.75 Å². The fourth-order valence-electron chi connectivity index (χ4n) is 1.82. The minimum atomic E-state index is 0.445. The van der Waals surface area contributed by atoms with Crippen molar-refractivity contribution >= 4 is 5.69 Å². The van der Waals surface area contributed by atoms with Crippen molar-refractivity contribution in [1.82, 2.24) is 0 Å². The number of hydrogen-bond donors (Lipinski definition) is 1. The van der Waals surface area contributed by atoms with Crippen LogP contribution in [0.3, 0.4) is 0 Å². The number of nitrogens with two attached hydrogens (primary N) is 1. The molecule has 0 fully saturated rings. The fraction of sp³-hybridized carbons (Fsp3) is 0.538. The van der Waals surface area contributed by atoms with Crippen LogP contribution in [0.15, 0.2) is 12.1 Å². The summed E-state index contributed by atoms with van der Waals surface area (Å²) in [5, 5.41) is 0. The first-order valence-electron chi connectivity index (χ1n) is 5.61. The zero-order chi connectivity index (χ0) is 12.3. The molecule has 0 bridgehead atoms. The summed E-state index contributed by atoms with van der Waals surface area (Å²) in [6.45, 7) is 6.93. The molecule has 3 heteroatoms. The van der Waals surface area contributed by atoms with Crippen LogP contribution in [-0.4, -0.2) is 20.8 Å². The largest absolute Gasteiger partial charge is 0.496 e. The zero-order valence-electron chi connectivity index (χ0n) is 10.9. The van der Waals surface area contributed by atoms with Crippen molar-refractivity contribution < 1.29 is 4.74 Å². The van der Waals surface area contributed by atoms with E-state index >= 15 is 0 Å². The van der Waals surface area contributed by atoms with Gasteiger partial charge in [-0.3, -0.25) is 0 Å². The van der Waals surface area contributed by atoms with Crippen molar-refractivity contribution in [2.24, 2.45) is 5.73 Å². The van der Waals surface area contributed by atoms with E-state index in [1.54, 1.807) is 7.11 Å². The Morgan fingerprint density at radius 2 is 2.00 bits per heavy atom. The van der Waals surface area contributed by atoms with E-state index in [0.717, 1.165) is 5.75 Å². The molecular formula is C13H22N2O. The van der Waals surface area contributed by atoms with Crippen molar-refractivity contribution in [3.63, 3.8) is 0 Å². The molecular weight excluding hydrogens is 200 g/mol. The predicted octanol–water partition coefficient (Wildman–Crippen LogP) is 2.48. The average Bonchev–Trinajstić information content (AvgIpc) is 2.27. The Morgan fingerprint density at radius 1 is 1.38 bits per heavy atom. The molecule has 0 radical (unpaired) electrons. The summed E-state index contributed by atoms with van der Waals surface area (Å²) >= 11 is 0. The lowest BCUT2D eigenvalue weighted by molar-refractivity contribution is 0.407. The highest BCUT2D eigenvalue weighted by atomic mass is 16.5. The first-order chi connectivity index (χ1) is 7.51. The monoisotopic (exact) mass is 222 g/mol. The molecule has 0 aromatic heterocycles. The lowest BCUT2D eigenvalue weighted by atomic mass is 9.99. The van der Waals surface area contributed by atoms with Crippen molar-refractivity contribution in [3.8, 4) is 5.75 Å². The number of hydrogen-bond acceptors (Lipinski definition) is 3. The minimum Gasteiger partial charge on any atom is -0.496 e. The van der Waals surface area contributed by atoms with E-state index < -0.39 is 0 Å². The zero-order valence-corrected chi connectivity index (χ0v) is 10.9. The molecule has 0 aliphatic rings. The normalized spacial score (nSPS) is 10.7. The quantitative estimate of drug-likeness (QED) is 0.795. The summed E-state index contributed by atoms with van der Waals surface area (Å²) < 4.78 is 5.41. The van der Waals surface area contributed by atoms with Crippen LogP contribution in [0.1, 0.15) is 30.9 Å². The molecule has 90 valence electrons. The van der Waals surface area contributed by atoms with Crippen LogP contribution in [-0.2, 0) is 0 Å². The molecule has 1 aromatic carbocycles. The van der Waals surface area contributed by atoms with E-state index in [1.165, 1.54) is 16.8 Å². The topological polar surface area (TPSA) is 38.5 Å². The average molecular weight is 222 g/mol. The van der Waals surface area contributed by atoms with Crippen LogP contribution in [0.4, 0.5) is 5.69 Å². The number of aryl methyl sites for hydroxylation is 1. The first-order valence-corrected chi connectivity index (χ1v) is 5.61. The Morgan fingerprint density at radius 3 is 2.44 bits per heavy atom. The maximum absolute atomic E-state index is 5.66. The molecule has 0 aliphatic carbocycles. The molecule has 0 spiro atoms. The molecule has 2 N–H and O–H groups in total. The van der Waals surface area contributed by atoms with Gasteiger partial charge >= 0.3 is 0 Å². The third-order valence-electron chi connectivity index (χ3n) is 2.86. The predicted molar refractivity (Wildman–Crippen MR) is 69.3 cm³/mol. The minimum absolute atomic E-state index is 0.445. The molecule has 0 aliphatic heterocycles. The van der Waals surface area contributed by atoms with Crippen LogP contribution in [0, 0.1) is 6.92 Å². The summed E-state index contributed by atoms with van der Waals surface area (Å²) in [5.74, 6) is 1.40. The van der Waals surface area contributed by atoms with Crippen LogP contribution in [0.2, 0.25) is 0 Å². The van der Waals surface area contributed by atoms with Gasteiger partial charge in [0.05, 0.1) is 13.8 Å². The second kappa shape index (κ2) is 5.21. The van der Waals surface area contributed by atoms with Gasteiger partial charge in [0.25, 0.3) is 0 Å². The summed E-state index contributed by atoms with van der Waals surface area (Å²) in [6.07, 6.45) is 0. The second-order valence-electron chi connectivity index (χ2n) is 4.42. The fourth-order valence-corrected chi connectivity index (χ4v) is 1.82. The van der Waals surface area contributed by atoms with Gasteiger partial charge in [-0.1, -0.05) is 13.8 Å². The van der Waals surface area contributed by atoms with E-state index in [0.29, 0.717) is 12.6 Å². The maximum atomic E-state index is 5.66. The number of anilines is 1. The van der Waals surface area contributed by atoms with E-state index in [2.05, 4.69) is 32.9 Å². The SMILES string of the molecule is COc1cc(C)c(N(C)CN)cc1C(C)C. The van der Waals surface area contributed by atoms with Crippen LogP contribution >= 0.6 is 0 Å². The number of benzene rings is 1. The smallest absolute Gasteiger partial charge is 0.122 e. The highest BCUT2D eigenvalue weighted by Crippen LogP contribution is 2.33. The molecule has 1 rings (SSSR count). The highest BCUT2D eigenvalue weighted by Gasteiger charge is 2.12. The molecule has 3 nitrogen and oxygen atoms in total. The van der Waals surface area contributed by atoms with Gasteiger partial charge < -0.3 is 15.4 Å². The maximum Gasteiger partial charge on any atom is 0.122 e. The molecule has 1 aromatic rings. The van der Waals surface area contributed by atoms with Gasteiger partial charge in [-0.05, 0) is 36.1 Å². The van der Waals surface area contributed by atoms with Crippen molar-refractivity contribution in [2.45, 2.75) is 26.7 Å². The Kier molecular flexibility index (Phi) is 4.19. The van der Waals surface area contributed by atoms with Gasteiger partial charge in [0.15, 0.2) is 0 Å². The number of nitrogens with zero attached hydrogens (tertiary/aromatic N) is 1. The van der Waals surface area contributed by atoms with Crippen LogP contribution < -0.4 is 15.4 Å². The first kappa shape index (κ1) is 12.8. The number of ether oxygens (including phenoxy) is 1. The summed E-state index contributed by atoms with van der Waals surface area (Å²) in [5.41, 5.74) is 9.25. The van der Waals surface area contributed by atoms with E-state index in [1.807, 2.05) is 11.9 Å². The summed E-state index contributed by atoms with van der Waals surface area (Å²) in [4.78, 5) is 2.04. The Hall–Kier alpha value is -1.22. The van der Waals surface area contributed by atoms with Crippen LogP contribution in [0.5, 0.6) is 5.75 Å². The van der Waals surface area contributed by atoms with Crippen LogP contribution in [0.25, 0.3) is 0 Å². The second-order valence-corrected chi connectivity index (χ2v) is 4.42. The van der Waals surface area contributed by atoms with Gasteiger partial charge in [0.2, 0.25) is 0 Å². The van der Waals surface area contributed by atoms with Gasteiger partial charge in [-0.15, -0.1) is 0 Å². The standard InChI is InChI=1S/C13H22N2O/c1-9(2)11-7-12(15(4)8-14)10(3)6-13(11)16-5/h6-7,9H,8,14H2,1-5H3. The lowest BCUT2D eigenvalue weighted by Gasteiger charge is -2.22.